The van der Waals surface area contributed by atoms with Crippen LogP contribution in [0.15, 0.2) is 51.7 Å². The van der Waals surface area contributed by atoms with E-state index in [1.165, 1.54) is 6.07 Å². The maximum Gasteiger partial charge on any atom is 0.247 e. The van der Waals surface area contributed by atoms with Gasteiger partial charge < -0.3 is 10.6 Å². The third-order valence-electron chi connectivity index (χ3n) is 2.95. The van der Waals surface area contributed by atoms with Crippen molar-refractivity contribution in [2.24, 2.45) is 10.1 Å². The van der Waals surface area contributed by atoms with Crippen LogP contribution < -0.4 is 15.8 Å². The Hall–Kier alpha value is -1.90. The number of rotatable bonds is 6. The van der Waals surface area contributed by atoms with Gasteiger partial charge in [-0.2, -0.15) is 0 Å². The third kappa shape index (κ3) is 5.66. The molecule has 0 spiro atoms. The predicted molar refractivity (Wildman–Crippen MR) is 93.8 cm³/mol. The van der Waals surface area contributed by atoms with Crippen molar-refractivity contribution in [1.29, 1.82) is 0 Å². The molecule has 1 heterocycles. The second-order valence-corrected chi connectivity index (χ2v) is 7.76. The minimum atomic E-state index is -3.63. The van der Waals surface area contributed by atoms with E-state index in [0.29, 0.717) is 19.0 Å². The van der Waals surface area contributed by atoms with Gasteiger partial charge in [0.1, 0.15) is 4.21 Å². The van der Waals surface area contributed by atoms with E-state index in [9.17, 15) is 8.42 Å². The normalized spacial score (nSPS) is 12.2. The molecular formula is C15H20N4O2S2. The number of nitrogens with two attached hydrogens (primary N) is 1. The molecule has 0 bridgehead atoms. The molecule has 2 rings (SSSR count). The van der Waals surface area contributed by atoms with Gasteiger partial charge in [0.05, 0.1) is 13.1 Å². The van der Waals surface area contributed by atoms with Crippen molar-refractivity contribution < 1.29 is 8.42 Å². The van der Waals surface area contributed by atoms with Gasteiger partial charge in [-0.3, -0.25) is 0 Å². The van der Waals surface area contributed by atoms with E-state index >= 15 is 0 Å². The molecule has 1 aromatic heterocycles. The van der Waals surface area contributed by atoms with Crippen LogP contribution in [0.3, 0.4) is 0 Å². The molecule has 6 nitrogen and oxygen atoms in total. The van der Waals surface area contributed by atoms with Gasteiger partial charge in [0.25, 0.3) is 0 Å². The Bertz CT molecular complexity index is 755. The number of benzene rings is 1. The largest absolute Gasteiger partial charge is 0.357 e. The Kier molecular flexibility index (Phi) is 6.14. The SMILES string of the molecule is CCNC(=NCc1ccccc1)NCc1ccc(S(N)(=O)=O)s1. The van der Waals surface area contributed by atoms with Gasteiger partial charge in [0.2, 0.25) is 10.0 Å². The molecule has 0 amide bonds. The van der Waals surface area contributed by atoms with Crippen molar-refractivity contribution in [1.82, 2.24) is 10.6 Å². The van der Waals surface area contributed by atoms with Crippen LogP contribution >= 0.6 is 11.3 Å². The summed E-state index contributed by atoms with van der Waals surface area (Å²) >= 11 is 1.16. The van der Waals surface area contributed by atoms with E-state index in [-0.39, 0.29) is 4.21 Å². The summed E-state index contributed by atoms with van der Waals surface area (Å²) in [7, 11) is -3.63. The fourth-order valence-electron chi connectivity index (χ4n) is 1.87. The van der Waals surface area contributed by atoms with E-state index < -0.39 is 10.0 Å². The molecule has 0 saturated heterocycles. The van der Waals surface area contributed by atoms with Crippen LogP contribution in [-0.4, -0.2) is 20.9 Å². The number of nitrogens with zero attached hydrogens (tertiary/aromatic N) is 1. The summed E-state index contributed by atoms with van der Waals surface area (Å²) in [6.07, 6.45) is 0. The number of aliphatic imine (C=N–C) groups is 1. The summed E-state index contributed by atoms with van der Waals surface area (Å²) in [5.74, 6) is 0.682. The first kappa shape index (κ1) is 17.5. The van der Waals surface area contributed by atoms with Crippen molar-refractivity contribution >= 4 is 27.3 Å². The van der Waals surface area contributed by atoms with Gasteiger partial charge in [-0.15, -0.1) is 11.3 Å². The fourth-order valence-corrected chi connectivity index (χ4v) is 3.59. The molecule has 4 N–H and O–H groups in total. The number of sulfonamides is 1. The molecule has 0 aliphatic heterocycles. The average molecular weight is 352 g/mol. The number of nitrogens with one attached hydrogen (secondary N) is 2. The minimum Gasteiger partial charge on any atom is -0.357 e. The molecule has 0 aliphatic carbocycles. The van der Waals surface area contributed by atoms with Crippen molar-refractivity contribution in [2.45, 2.75) is 24.2 Å². The maximum absolute atomic E-state index is 11.3. The van der Waals surface area contributed by atoms with E-state index in [2.05, 4.69) is 15.6 Å². The molecule has 0 unspecified atom stereocenters. The summed E-state index contributed by atoms with van der Waals surface area (Å²) in [6.45, 7) is 3.79. The van der Waals surface area contributed by atoms with Crippen LogP contribution in [0.5, 0.6) is 0 Å². The van der Waals surface area contributed by atoms with E-state index in [0.717, 1.165) is 28.3 Å². The lowest BCUT2D eigenvalue weighted by Crippen LogP contribution is -2.36. The second-order valence-electron chi connectivity index (χ2n) is 4.80. The predicted octanol–water partition coefficient (Wildman–Crippen LogP) is 1.65. The third-order valence-corrected chi connectivity index (χ3v) is 5.48. The molecule has 0 fully saturated rings. The smallest absolute Gasteiger partial charge is 0.247 e. The lowest BCUT2D eigenvalue weighted by molar-refractivity contribution is 0.600. The summed E-state index contributed by atoms with van der Waals surface area (Å²) < 4.78 is 22.7. The molecule has 0 aliphatic rings. The average Bonchev–Trinajstić information content (AvgIpc) is 3.00. The number of guanidine groups is 1. The molecule has 23 heavy (non-hydrogen) atoms. The molecule has 0 radical (unpaired) electrons. The van der Waals surface area contributed by atoms with Gasteiger partial charge in [-0.05, 0) is 24.6 Å². The van der Waals surface area contributed by atoms with Crippen LogP contribution in [0.1, 0.15) is 17.4 Å². The Morgan fingerprint density at radius 1 is 1.17 bits per heavy atom. The zero-order chi connectivity index (χ0) is 16.7. The standard InChI is InChI=1S/C15H20N4O2S2/c1-2-17-15(18-10-12-6-4-3-5-7-12)19-11-13-8-9-14(22-13)23(16,20)21/h3-9H,2,10-11H2,1H3,(H2,16,20,21)(H2,17,18,19). The van der Waals surface area contributed by atoms with Gasteiger partial charge in [0, 0.05) is 11.4 Å². The molecule has 124 valence electrons. The lowest BCUT2D eigenvalue weighted by atomic mass is 10.2. The van der Waals surface area contributed by atoms with Gasteiger partial charge >= 0.3 is 0 Å². The summed E-state index contributed by atoms with van der Waals surface area (Å²) in [4.78, 5) is 5.38. The number of hydrogen-bond donors (Lipinski definition) is 3. The minimum absolute atomic E-state index is 0.167. The quantitative estimate of drug-likeness (QED) is 0.544. The van der Waals surface area contributed by atoms with Gasteiger partial charge in [0.15, 0.2) is 5.96 Å². The van der Waals surface area contributed by atoms with Crippen LogP contribution in [0.25, 0.3) is 0 Å². The highest BCUT2D eigenvalue weighted by Gasteiger charge is 2.11. The van der Waals surface area contributed by atoms with Gasteiger partial charge in [-0.25, -0.2) is 18.5 Å². The maximum atomic E-state index is 11.3. The Labute approximate surface area is 140 Å². The molecule has 2 aromatic rings. The number of thiophene rings is 1. The first-order valence-corrected chi connectivity index (χ1v) is 9.53. The van der Waals surface area contributed by atoms with Crippen molar-refractivity contribution in [3.8, 4) is 0 Å². The summed E-state index contributed by atoms with van der Waals surface area (Å²) in [5, 5.41) is 11.5. The lowest BCUT2D eigenvalue weighted by Gasteiger charge is -2.10. The highest BCUT2D eigenvalue weighted by Crippen LogP contribution is 2.19. The fraction of sp³-hybridized carbons (Fsp3) is 0.267. The first-order valence-electron chi connectivity index (χ1n) is 7.16. The Morgan fingerprint density at radius 3 is 2.52 bits per heavy atom. The second kappa shape index (κ2) is 8.09. The van der Waals surface area contributed by atoms with Gasteiger partial charge in [-0.1, -0.05) is 30.3 Å². The van der Waals surface area contributed by atoms with Crippen LogP contribution in [0.2, 0.25) is 0 Å². The highest BCUT2D eigenvalue weighted by molar-refractivity contribution is 7.91. The van der Waals surface area contributed by atoms with Crippen LogP contribution in [-0.2, 0) is 23.1 Å². The van der Waals surface area contributed by atoms with Crippen molar-refractivity contribution in [3.63, 3.8) is 0 Å². The highest BCUT2D eigenvalue weighted by atomic mass is 32.2. The zero-order valence-electron chi connectivity index (χ0n) is 12.8. The van der Waals surface area contributed by atoms with Crippen LogP contribution in [0, 0.1) is 0 Å². The van der Waals surface area contributed by atoms with E-state index in [1.807, 2.05) is 37.3 Å². The number of hydrogen-bond acceptors (Lipinski definition) is 4. The van der Waals surface area contributed by atoms with Crippen molar-refractivity contribution in [2.75, 3.05) is 6.54 Å². The number of primary sulfonamides is 1. The van der Waals surface area contributed by atoms with E-state index in [1.54, 1.807) is 6.07 Å². The van der Waals surface area contributed by atoms with E-state index in [4.69, 9.17) is 5.14 Å². The monoisotopic (exact) mass is 352 g/mol. The first-order chi connectivity index (χ1) is 11.0. The summed E-state index contributed by atoms with van der Waals surface area (Å²) in [6, 6.07) is 13.2. The summed E-state index contributed by atoms with van der Waals surface area (Å²) in [5.41, 5.74) is 1.12. The molecule has 0 atom stereocenters. The van der Waals surface area contributed by atoms with Crippen LogP contribution in [0.4, 0.5) is 0 Å². The Balaban J connectivity index is 1.98. The Morgan fingerprint density at radius 2 is 1.91 bits per heavy atom. The van der Waals surface area contributed by atoms with Crippen molar-refractivity contribution in [3.05, 3.63) is 52.9 Å². The zero-order valence-corrected chi connectivity index (χ0v) is 14.5. The molecule has 8 heteroatoms. The molecule has 1 aromatic carbocycles. The molecule has 0 saturated carbocycles. The topological polar surface area (TPSA) is 96.6 Å². The molecular weight excluding hydrogens is 332 g/mol.